The molecule has 3 aliphatic rings. The summed E-state index contributed by atoms with van der Waals surface area (Å²) in [7, 11) is 0. The van der Waals surface area contributed by atoms with Gasteiger partial charge in [-0.25, -0.2) is 4.79 Å². The minimum Gasteiger partial charge on any atom is -0.350 e. The summed E-state index contributed by atoms with van der Waals surface area (Å²) in [6, 6.07) is -0.412. The fraction of sp³-hybridized carbons (Fsp3) is 0.600. The maximum atomic E-state index is 12.1. The summed E-state index contributed by atoms with van der Waals surface area (Å²) in [4.78, 5) is 41.1. The number of carbonyl (C=O) groups excluding carboxylic acids is 3. The zero-order chi connectivity index (χ0) is 16.6. The van der Waals surface area contributed by atoms with Gasteiger partial charge in [0.15, 0.2) is 5.17 Å². The number of hydrogen-bond acceptors (Lipinski definition) is 5. The number of aliphatic imine (C=N–C) groups is 1. The molecule has 4 amide bonds. The Hall–Kier alpha value is -1.83. The normalized spacial score (nSPS) is 33.7. The van der Waals surface area contributed by atoms with Crippen molar-refractivity contribution in [2.75, 3.05) is 6.54 Å². The molecule has 2 heterocycles. The first-order chi connectivity index (χ1) is 11.0. The van der Waals surface area contributed by atoms with Crippen LogP contribution in [0.1, 0.15) is 26.7 Å². The van der Waals surface area contributed by atoms with Crippen molar-refractivity contribution in [2.24, 2.45) is 10.9 Å². The lowest BCUT2D eigenvalue weighted by Gasteiger charge is -2.32. The van der Waals surface area contributed by atoms with Gasteiger partial charge in [0.2, 0.25) is 11.8 Å². The largest absolute Gasteiger partial charge is 0.350 e. The molecule has 23 heavy (non-hydrogen) atoms. The first-order valence-corrected chi connectivity index (χ1v) is 8.65. The van der Waals surface area contributed by atoms with Gasteiger partial charge in [-0.2, -0.15) is 0 Å². The van der Waals surface area contributed by atoms with E-state index in [1.807, 2.05) is 12.2 Å². The molecule has 1 aliphatic carbocycles. The molecule has 0 bridgehead atoms. The Morgan fingerprint density at radius 2 is 2.22 bits per heavy atom. The molecule has 0 saturated carbocycles. The van der Waals surface area contributed by atoms with Crippen molar-refractivity contribution in [1.29, 1.82) is 0 Å². The first-order valence-electron chi connectivity index (χ1n) is 7.77. The van der Waals surface area contributed by atoms with Gasteiger partial charge in [0.1, 0.15) is 0 Å². The van der Waals surface area contributed by atoms with Crippen LogP contribution in [0.3, 0.4) is 0 Å². The van der Waals surface area contributed by atoms with Crippen LogP contribution in [-0.4, -0.2) is 51.8 Å². The summed E-state index contributed by atoms with van der Waals surface area (Å²) in [5, 5.41) is 6.15. The summed E-state index contributed by atoms with van der Waals surface area (Å²) in [6.07, 6.45) is 4.96. The Morgan fingerprint density at radius 1 is 1.43 bits per heavy atom. The van der Waals surface area contributed by atoms with Gasteiger partial charge in [0, 0.05) is 25.1 Å². The Morgan fingerprint density at radius 3 is 2.96 bits per heavy atom. The van der Waals surface area contributed by atoms with E-state index in [0.717, 1.165) is 0 Å². The highest BCUT2D eigenvalue weighted by Crippen LogP contribution is 2.39. The van der Waals surface area contributed by atoms with Crippen LogP contribution in [-0.2, 0) is 9.59 Å². The maximum absolute atomic E-state index is 12.1. The molecule has 0 spiro atoms. The Balaban J connectivity index is 1.73. The van der Waals surface area contributed by atoms with Crippen molar-refractivity contribution in [1.82, 2.24) is 15.5 Å². The summed E-state index contributed by atoms with van der Waals surface area (Å²) in [6.45, 7) is 4.09. The molecule has 4 atom stereocenters. The number of hydrogen-bond donors (Lipinski definition) is 2. The highest BCUT2D eigenvalue weighted by Gasteiger charge is 2.41. The molecule has 0 aromatic heterocycles. The van der Waals surface area contributed by atoms with E-state index in [9.17, 15) is 14.4 Å². The summed E-state index contributed by atoms with van der Waals surface area (Å²) >= 11 is 1.56. The number of urea groups is 1. The summed E-state index contributed by atoms with van der Waals surface area (Å²) in [5.41, 5.74) is 0. The van der Waals surface area contributed by atoms with Gasteiger partial charge in [0.05, 0.1) is 12.1 Å². The fourth-order valence-electron chi connectivity index (χ4n) is 3.09. The molecule has 3 rings (SSSR count). The Bertz CT molecular complexity index is 604. The highest BCUT2D eigenvalue weighted by atomic mass is 32.2. The zero-order valence-corrected chi connectivity index (χ0v) is 13.9. The van der Waals surface area contributed by atoms with Crippen molar-refractivity contribution in [2.45, 2.75) is 44.0 Å². The smallest absolute Gasteiger partial charge is 0.330 e. The van der Waals surface area contributed by atoms with E-state index in [-0.39, 0.29) is 35.1 Å². The monoisotopic (exact) mass is 336 g/mol. The Kier molecular flexibility index (Phi) is 4.43. The molecular formula is C15H20N4O3S. The molecule has 2 aliphatic heterocycles. The number of thioether (sulfide) groups is 1. The second-order valence-corrected chi connectivity index (χ2v) is 7.21. The van der Waals surface area contributed by atoms with E-state index in [1.165, 1.54) is 6.92 Å². The number of nitrogens with zero attached hydrogens (tertiary/aromatic N) is 2. The third-order valence-electron chi connectivity index (χ3n) is 4.32. The summed E-state index contributed by atoms with van der Waals surface area (Å²) < 4.78 is 0. The van der Waals surface area contributed by atoms with Gasteiger partial charge >= 0.3 is 6.03 Å². The first kappa shape index (κ1) is 16.0. The van der Waals surface area contributed by atoms with Crippen LogP contribution in [0, 0.1) is 5.92 Å². The van der Waals surface area contributed by atoms with E-state index in [2.05, 4.69) is 22.5 Å². The molecule has 0 radical (unpaired) electrons. The number of carbonyl (C=O) groups is 3. The predicted molar refractivity (Wildman–Crippen MR) is 88.0 cm³/mol. The van der Waals surface area contributed by atoms with Gasteiger partial charge in [-0.05, 0) is 12.3 Å². The van der Waals surface area contributed by atoms with Gasteiger partial charge in [-0.1, -0.05) is 30.8 Å². The van der Waals surface area contributed by atoms with Crippen molar-refractivity contribution in [3.8, 4) is 0 Å². The van der Waals surface area contributed by atoms with Gasteiger partial charge in [-0.15, -0.1) is 0 Å². The van der Waals surface area contributed by atoms with Gasteiger partial charge in [-0.3, -0.25) is 24.8 Å². The van der Waals surface area contributed by atoms with E-state index in [0.29, 0.717) is 24.6 Å². The standard InChI is InChI=1S/C15H20N4O3S/c1-8-10(16-9(2)20)5-6-11-13(8)23-15(17-11)19-7-3-4-12(21)18-14(19)22/h5-6,8,10-11,13H,3-4,7H2,1-2H3,(H,16,20)(H,18,21,22). The molecule has 124 valence electrons. The van der Waals surface area contributed by atoms with Gasteiger partial charge < -0.3 is 5.32 Å². The van der Waals surface area contributed by atoms with Crippen LogP contribution in [0.15, 0.2) is 17.1 Å². The van der Waals surface area contributed by atoms with Crippen LogP contribution in [0.4, 0.5) is 4.79 Å². The topological polar surface area (TPSA) is 90.9 Å². The molecule has 0 aromatic rings. The van der Waals surface area contributed by atoms with Crippen molar-refractivity contribution in [3.05, 3.63) is 12.2 Å². The number of amides is 4. The van der Waals surface area contributed by atoms with E-state index >= 15 is 0 Å². The third-order valence-corrected chi connectivity index (χ3v) is 5.83. The molecule has 1 saturated heterocycles. The Labute approximate surface area is 139 Å². The lowest BCUT2D eigenvalue weighted by Crippen LogP contribution is -2.45. The van der Waals surface area contributed by atoms with Crippen molar-refractivity contribution >= 4 is 34.8 Å². The van der Waals surface area contributed by atoms with Crippen LogP contribution in [0.25, 0.3) is 0 Å². The minimum absolute atomic E-state index is 0.00163. The summed E-state index contributed by atoms with van der Waals surface area (Å²) in [5.74, 6) is -0.0891. The number of fused-ring (bicyclic) bond motifs is 1. The van der Waals surface area contributed by atoms with E-state index in [1.54, 1.807) is 16.7 Å². The van der Waals surface area contributed by atoms with Crippen molar-refractivity contribution in [3.63, 3.8) is 0 Å². The van der Waals surface area contributed by atoms with E-state index in [4.69, 9.17) is 0 Å². The average Bonchev–Trinajstić information content (AvgIpc) is 2.83. The molecule has 4 unspecified atom stereocenters. The van der Waals surface area contributed by atoms with Crippen molar-refractivity contribution < 1.29 is 14.4 Å². The highest BCUT2D eigenvalue weighted by molar-refractivity contribution is 8.14. The van der Waals surface area contributed by atoms with Crippen LogP contribution in [0.2, 0.25) is 0 Å². The maximum Gasteiger partial charge on any atom is 0.330 e. The lowest BCUT2D eigenvalue weighted by molar-refractivity contribution is -0.120. The second kappa shape index (κ2) is 6.35. The lowest BCUT2D eigenvalue weighted by atomic mass is 9.88. The predicted octanol–water partition coefficient (Wildman–Crippen LogP) is 0.869. The van der Waals surface area contributed by atoms with E-state index < -0.39 is 6.03 Å². The van der Waals surface area contributed by atoms with Gasteiger partial charge in [0.25, 0.3) is 0 Å². The van der Waals surface area contributed by atoms with Crippen LogP contribution >= 0.6 is 11.8 Å². The van der Waals surface area contributed by atoms with Crippen LogP contribution < -0.4 is 10.6 Å². The molecule has 1 fully saturated rings. The SMILES string of the molecule is CC(=O)NC1C=CC2N=C(N3CCCC(=O)NC3=O)SC2C1C. The molecule has 2 N–H and O–H groups in total. The quantitative estimate of drug-likeness (QED) is 0.695. The molecule has 0 aromatic carbocycles. The number of amidine groups is 1. The number of imide groups is 1. The fourth-order valence-corrected chi connectivity index (χ4v) is 4.49. The average molecular weight is 336 g/mol. The third kappa shape index (κ3) is 3.26. The number of rotatable bonds is 1. The minimum atomic E-state index is -0.396. The van der Waals surface area contributed by atoms with Crippen LogP contribution in [0.5, 0.6) is 0 Å². The molecular weight excluding hydrogens is 316 g/mol. The number of nitrogens with one attached hydrogen (secondary N) is 2. The second-order valence-electron chi connectivity index (χ2n) is 6.06. The molecule has 7 nitrogen and oxygen atoms in total. The molecule has 8 heteroatoms. The zero-order valence-electron chi connectivity index (χ0n) is 13.1.